The molecule has 0 bridgehead atoms. The molecule has 0 aliphatic rings. The summed E-state index contributed by atoms with van der Waals surface area (Å²) in [5.74, 6) is 0.579. The standard InChI is InChI=1S/C4H3N11/c5-2-1(3-7-11-12-8-3)10-15-4(6-2)9-13-14-15/h(H2,5,6,9,14)(H,7,8,11,12). The van der Waals surface area contributed by atoms with Crippen LogP contribution in [0.4, 0.5) is 5.82 Å². The molecule has 0 spiro atoms. The monoisotopic (exact) mass is 205 g/mol. The van der Waals surface area contributed by atoms with E-state index in [2.05, 4.69) is 46.2 Å². The van der Waals surface area contributed by atoms with E-state index in [1.807, 2.05) is 0 Å². The Hall–Kier alpha value is -2.72. The van der Waals surface area contributed by atoms with Gasteiger partial charge in [0.15, 0.2) is 11.5 Å². The van der Waals surface area contributed by atoms with Gasteiger partial charge >= 0.3 is 0 Å². The van der Waals surface area contributed by atoms with Gasteiger partial charge in [-0.1, -0.05) is 9.73 Å². The maximum absolute atomic E-state index is 5.63. The Balaban J connectivity index is 2.30. The van der Waals surface area contributed by atoms with Crippen LogP contribution in [0.1, 0.15) is 0 Å². The lowest BCUT2D eigenvalue weighted by Gasteiger charge is -1.97. The molecule has 0 fully saturated rings. The van der Waals surface area contributed by atoms with Crippen LogP contribution >= 0.6 is 0 Å². The van der Waals surface area contributed by atoms with Gasteiger partial charge in [-0.3, -0.25) is 0 Å². The van der Waals surface area contributed by atoms with E-state index in [0.717, 1.165) is 4.63 Å². The highest BCUT2D eigenvalue weighted by molar-refractivity contribution is 5.63. The van der Waals surface area contributed by atoms with Crippen molar-refractivity contribution in [3.8, 4) is 11.5 Å². The molecule has 3 aromatic rings. The first-order valence-electron chi connectivity index (χ1n) is 3.80. The van der Waals surface area contributed by atoms with Crippen molar-refractivity contribution in [3.05, 3.63) is 0 Å². The number of hydrogen-bond donors (Lipinski definition) is 2. The molecule has 0 amide bonds. The number of aromatic nitrogens is 10. The van der Waals surface area contributed by atoms with E-state index >= 15 is 0 Å². The second-order valence-electron chi connectivity index (χ2n) is 2.55. The molecule has 3 N–H and O–H groups in total. The molecule has 0 aliphatic heterocycles. The number of nitrogens with zero attached hydrogens (tertiary/aromatic N) is 9. The topological polar surface area (TPSA) is 149 Å². The zero-order valence-electron chi connectivity index (χ0n) is 7.10. The predicted molar refractivity (Wildman–Crippen MR) is 44.0 cm³/mol. The van der Waals surface area contributed by atoms with Crippen LogP contribution in [0.5, 0.6) is 0 Å². The lowest BCUT2D eigenvalue weighted by molar-refractivity contribution is 0.728. The molecule has 0 saturated carbocycles. The number of fused-ring (bicyclic) bond motifs is 1. The van der Waals surface area contributed by atoms with Crippen LogP contribution in [-0.2, 0) is 0 Å². The summed E-state index contributed by atoms with van der Waals surface area (Å²) in [6.07, 6.45) is 0. The Morgan fingerprint density at radius 3 is 3.00 bits per heavy atom. The summed E-state index contributed by atoms with van der Waals surface area (Å²) in [4.78, 5) is 3.91. The fourth-order valence-corrected chi connectivity index (χ4v) is 1.04. The molecule has 0 aromatic carbocycles. The fourth-order valence-electron chi connectivity index (χ4n) is 1.04. The first-order valence-corrected chi connectivity index (χ1v) is 3.80. The van der Waals surface area contributed by atoms with E-state index in [4.69, 9.17) is 5.73 Å². The third kappa shape index (κ3) is 1.06. The van der Waals surface area contributed by atoms with Gasteiger partial charge in [0.25, 0.3) is 5.78 Å². The zero-order valence-corrected chi connectivity index (χ0v) is 7.10. The average molecular weight is 205 g/mol. The van der Waals surface area contributed by atoms with E-state index in [-0.39, 0.29) is 23.1 Å². The summed E-state index contributed by atoms with van der Waals surface area (Å²) < 4.78 is 1.13. The quantitative estimate of drug-likeness (QED) is 0.446. The minimum Gasteiger partial charge on any atom is -0.382 e. The highest BCUT2D eigenvalue weighted by Crippen LogP contribution is 2.15. The molecule has 3 heterocycles. The van der Waals surface area contributed by atoms with Gasteiger partial charge in [-0.05, 0) is 15.6 Å². The van der Waals surface area contributed by atoms with Crippen molar-refractivity contribution in [2.45, 2.75) is 0 Å². The largest absolute Gasteiger partial charge is 0.382 e. The van der Waals surface area contributed by atoms with Crippen LogP contribution in [0.3, 0.4) is 0 Å². The van der Waals surface area contributed by atoms with Crippen LogP contribution in [0.15, 0.2) is 0 Å². The molecular weight excluding hydrogens is 202 g/mol. The third-order valence-corrected chi connectivity index (χ3v) is 1.65. The van der Waals surface area contributed by atoms with E-state index in [9.17, 15) is 0 Å². The fraction of sp³-hybridized carbons (Fsp3) is 0. The zero-order chi connectivity index (χ0) is 10.3. The van der Waals surface area contributed by atoms with Gasteiger partial charge in [0.2, 0.25) is 5.82 Å². The second kappa shape index (κ2) is 2.63. The second-order valence-corrected chi connectivity index (χ2v) is 2.55. The van der Waals surface area contributed by atoms with E-state index < -0.39 is 0 Å². The van der Waals surface area contributed by atoms with Crippen molar-refractivity contribution in [2.24, 2.45) is 0 Å². The van der Waals surface area contributed by atoms with Crippen LogP contribution in [0.25, 0.3) is 17.3 Å². The molecule has 0 saturated heterocycles. The van der Waals surface area contributed by atoms with Crippen LogP contribution < -0.4 is 5.73 Å². The van der Waals surface area contributed by atoms with Gasteiger partial charge in [0, 0.05) is 0 Å². The molecule has 0 aliphatic carbocycles. The first-order chi connectivity index (χ1) is 7.34. The SMILES string of the molecule is Nc1nc2nnnn2nc1-c1nn[nH]n1. The number of hydrogen-bond acceptors (Lipinski definition) is 9. The number of nitrogen functional groups attached to an aromatic ring is 1. The number of nitrogens with one attached hydrogen (secondary N) is 1. The van der Waals surface area contributed by atoms with Crippen LogP contribution in [0, 0.1) is 0 Å². The van der Waals surface area contributed by atoms with Gasteiger partial charge in [-0.25, -0.2) is 0 Å². The summed E-state index contributed by atoms with van der Waals surface area (Å²) in [5, 5.41) is 27.6. The third-order valence-electron chi connectivity index (χ3n) is 1.65. The lowest BCUT2D eigenvalue weighted by atomic mass is 10.4. The maximum Gasteiger partial charge on any atom is 0.293 e. The number of nitrogens with two attached hydrogens (primary N) is 1. The Bertz CT molecular complexity index is 592. The average Bonchev–Trinajstić information content (AvgIpc) is 2.85. The summed E-state index contributed by atoms with van der Waals surface area (Å²) >= 11 is 0. The van der Waals surface area contributed by atoms with E-state index in [0.29, 0.717) is 0 Å². The van der Waals surface area contributed by atoms with E-state index in [1.165, 1.54) is 0 Å². The molecule has 0 radical (unpaired) electrons. The van der Waals surface area contributed by atoms with Crippen LogP contribution in [0.2, 0.25) is 0 Å². The molecule has 11 heteroatoms. The molecule has 3 aromatic heterocycles. The number of tetrazole rings is 2. The smallest absolute Gasteiger partial charge is 0.293 e. The van der Waals surface area contributed by atoms with Gasteiger partial charge in [-0.2, -0.15) is 10.2 Å². The van der Waals surface area contributed by atoms with Gasteiger partial charge < -0.3 is 5.73 Å². The highest BCUT2D eigenvalue weighted by Gasteiger charge is 2.13. The molecule has 15 heavy (non-hydrogen) atoms. The van der Waals surface area contributed by atoms with Crippen molar-refractivity contribution in [1.29, 1.82) is 0 Å². The van der Waals surface area contributed by atoms with Crippen molar-refractivity contribution < 1.29 is 0 Å². The molecule has 3 rings (SSSR count). The minimum atomic E-state index is 0.138. The Kier molecular flexibility index (Phi) is 1.34. The first kappa shape index (κ1) is 7.66. The van der Waals surface area contributed by atoms with E-state index in [1.54, 1.807) is 0 Å². The Morgan fingerprint density at radius 1 is 1.27 bits per heavy atom. The normalized spacial score (nSPS) is 10.9. The molecule has 0 unspecified atom stereocenters. The Morgan fingerprint density at radius 2 is 2.20 bits per heavy atom. The molecule has 0 atom stereocenters. The lowest BCUT2D eigenvalue weighted by Crippen LogP contribution is -2.05. The summed E-state index contributed by atoms with van der Waals surface area (Å²) in [6.45, 7) is 0. The molecular formula is C4H3N11. The van der Waals surface area contributed by atoms with Crippen molar-refractivity contribution in [2.75, 3.05) is 5.73 Å². The van der Waals surface area contributed by atoms with Crippen LogP contribution in [-0.4, -0.2) is 50.9 Å². The van der Waals surface area contributed by atoms with Crippen molar-refractivity contribution >= 4 is 11.6 Å². The van der Waals surface area contributed by atoms with Crippen molar-refractivity contribution in [1.82, 2.24) is 50.9 Å². The number of anilines is 1. The molecule has 11 nitrogen and oxygen atoms in total. The van der Waals surface area contributed by atoms with Gasteiger partial charge in [-0.15, -0.1) is 15.3 Å². The number of aromatic amines is 1. The van der Waals surface area contributed by atoms with Crippen molar-refractivity contribution in [3.63, 3.8) is 0 Å². The summed E-state index contributed by atoms with van der Waals surface area (Å²) in [7, 11) is 0. The number of rotatable bonds is 1. The maximum atomic E-state index is 5.63. The van der Waals surface area contributed by atoms with Gasteiger partial charge in [0.1, 0.15) is 0 Å². The van der Waals surface area contributed by atoms with Gasteiger partial charge in [0.05, 0.1) is 0 Å². The Labute approximate surface area is 80.7 Å². The number of H-pyrrole nitrogens is 1. The summed E-state index contributed by atoms with van der Waals surface area (Å²) in [6, 6.07) is 0. The summed E-state index contributed by atoms with van der Waals surface area (Å²) in [5.41, 5.74) is 5.90. The highest BCUT2D eigenvalue weighted by atomic mass is 15.6. The minimum absolute atomic E-state index is 0.138. The predicted octanol–water partition coefficient (Wildman–Crippen LogP) is -2.32. The molecule has 74 valence electrons.